The molecular formula is C9H11IN4O. The predicted molar refractivity (Wildman–Crippen MR) is 65.7 cm³/mol. The van der Waals surface area contributed by atoms with Crippen LogP contribution in [0.25, 0.3) is 0 Å². The van der Waals surface area contributed by atoms with Gasteiger partial charge in [-0.25, -0.2) is 4.98 Å². The van der Waals surface area contributed by atoms with E-state index in [1.165, 1.54) is 6.33 Å². The highest BCUT2D eigenvalue weighted by atomic mass is 127. The van der Waals surface area contributed by atoms with Crippen molar-refractivity contribution in [3.05, 3.63) is 20.3 Å². The Bertz CT molecular complexity index is 423. The van der Waals surface area contributed by atoms with Gasteiger partial charge in [-0.05, 0) is 29.5 Å². The summed E-state index contributed by atoms with van der Waals surface area (Å²) in [6.07, 6.45) is 1.81. The molecular weight excluding hydrogens is 307 g/mol. The molecule has 1 aromatic heterocycles. The molecule has 15 heavy (non-hydrogen) atoms. The molecule has 1 aromatic rings. The average molecular weight is 318 g/mol. The molecule has 0 aliphatic carbocycles. The molecule has 0 aromatic carbocycles. The number of anilines is 1. The fraction of sp³-hybridized carbons (Fsp3) is 0.444. The Morgan fingerprint density at radius 1 is 1.73 bits per heavy atom. The van der Waals surface area contributed by atoms with Crippen LogP contribution in [0.1, 0.15) is 13.3 Å². The number of aromatic nitrogens is 2. The number of H-pyrrole nitrogens is 1. The lowest BCUT2D eigenvalue weighted by molar-refractivity contribution is 0.801. The highest BCUT2D eigenvalue weighted by molar-refractivity contribution is 14.1. The van der Waals surface area contributed by atoms with Crippen LogP contribution in [-0.2, 0) is 0 Å². The summed E-state index contributed by atoms with van der Waals surface area (Å²) in [5.74, 6) is 0.650. The Labute approximate surface area is 101 Å². The zero-order valence-electron chi connectivity index (χ0n) is 8.33. The van der Waals surface area contributed by atoms with Crippen molar-refractivity contribution in [2.24, 2.45) is 0 Å². The summed E-state index contributed by atoms with van der Waals surface area (Å²) in [6.45, 7) is 3.30. The van der Waals surface area contributed by atoms with Crippen LogP contribution in [-0.4, -0.2) is 23.1 Å². The van der Waals surface area contributed by atoms with Gasteiger partial charge in [0.2, 0.25) is 0 Å². The summed E-state index contributed by atoms with van der Waals surface area (Å²) < 4.78 is 0.565. The molecule has 0 radical (unpaired) electrons. The van der Waals surface area contributed by atoms with Crippen molar-refractivity contribution in [2.45, 2.75) is 13.3 Å². The summed E-state index contributed by atoms with van der Waals surface area (Å²) in [5.41, 5.74) is -0.143. The van der Waals surface area contributed by atoms with Gasteiger partial charge in [0.05, 0.1) is 18.8 Å². The lowest BCUT2D eigenvalue weighted by atomic mass is 10.4. The molecule has 0 aliphatic heterocycles. The van der Waals surface area contributed by atoms with Crippen molar-refractivity contribution in [3.8, 4) is 6.07 Å². The van der Waals surface area contributed by atoms with Gasteiger partial charge >= 0.3 is 0 Å². The molecule has 0 spiro atoms. The molecule has 0 aliphatic rings. The maximum atomic E-state index is 11.3. The third kappa shape index (κ3) is 2.92. The van der Waals surface area contributed by atoms with Gasteiger partial charge in [-0.2, -0.15) is 5.26 Å². The summed E-state index contributed by atoms with van der Waals surface area (Å²) >= 11 is 1.96. The summed E-state index contributed by atoms with van der Waals surface area (Å²) in [6, 6.07) is 2.08. The second-order valence-corrected chi connectivity index (χ2v) is 3.94. The second-order valence-electron chi connectivity index (χ2n) is 2.86. The second kappa shape index (κ2) is 5.70. The summed E-state index contributed by atoms with van der Waals surface area (Å²) in [7, 11) is 0. The number of nitrogens with zero attached hydrogens (tertiary/aromatic N) is 3. The van der Waals surface area contributed by atoms with Crippen molar-refractivity contribution in [2.75, 3.05) is 18.0 Å². The Balaban J connectivity index is 2.97. The fourth-order valence-corrected chi connectivity index (χ4v) is 1.83. The molecule has 0 saturated heterocycles. The SMILES string of the molecule is CCN(CCC#N)c1nc[nH]c(=O)c1I. The maximum absolute atomic E-state index is 11.3. The molecule has 0 unspecified atom stereocenters. The van der Waals surface area contributed by atoms with Crippen LogP contribution in [0.2, 0.25) is 0 Å². The monoisotopic (exact) mass is 318 g/mol. The fourth-order valence-electron chi connectivity index (χ4n) is 1.19. The number of hydrogen-bond donors (Lipinski definition) is 1. The molecule has 0 saturated carbocycles. The van der Waals surface area contributed by atoms with Gasteiger partial charge in [-0.3, -0.25) is 4.79 Å². The van der Waals surface area contributed by atoms with E-state index >= 15 is 0 Å². The Hall–Kier alpha value is -1.10. The van der Waals surface area contributed by atoms with E-state index < -0.39 is 0 Å². The van der Waals surface area contributed by atoms with E-state index in [0.29, 0.717) is 22.4 Å². The molecule has 5 nitrogen and oxygen atoms in total. The smallest absolute Gasteiger partial charge is 0.266 e. The van der Waals surface area contributed by atoms with E-state index in [4.69, 9.17) is 5.26 Å². The molecule has 6 heteroatoms. The standard InChI is InChI=1S/C9H11IN4O/c1-2-14(5-3-4-11)8-7(10)9(15)13-6-12-8/h6H,2-3,5H2,1H3,(H,12,13,15). The highest BCUT2D eigenvalue weighted by Gasteiger charge is 2.11. The number of hydrogen-bond acceptors (Lipinski definition) is 4. The first kappa shape index (κ1) is 12.0. The van der Waals surface area contributed by atoms with E-state index in [9.17, 15) is 4.79 Å². The maximum Gasteiger partial charge on any atom is 0.266 e. The molecule has 0 bridgehead atoms. The highest BCUT2D eigenvalue weighted by Crippen LogP contribution is 2.14. The van der Waals surface area contributed by atoms with Crippen molar-refractivity contribution in [1.29, 1.82) is 5.26 Å². The normalized spacial score (nSPS) is 9.67. The summed E-state index contributed by atoms with van der Waals surface area (Å²) in [5, 5.41) is 8.51. The average Bonchev–Trinajstić information content (AvgIpc) is 2.25. The Morgan fingerprint density at radius 2 is 2.47 bits per heavy atom. The van der Waals surface area contributed by atoms with E-state index in [-0.39, 0.29) is 5.56 Å². The third-order valence-electron chi connectivity index (χ3n) is 1.95. The van der Waals surface area contributed by atoms with Gasteiger partial charge in [0.1, 0.15) is 9.39 Å². The Morgan fingerprint density at radius 3 is 3.07 bits per heavy atom. The van der Waals surface area contributed by atoms with Crippen molar-refractivity contribution in [3.63, 3.8) is 0 Å². The number of aromatic amines is 1. The van der Waals surface area contributed by atoms with Crippen LogP contribution in [0.3, 0.4) is 0 Å². The lowest BCUT2D eigenvalue weighted by Gasteiger charge is -2.20. The van der Waals surface area contributed by atoms with Gasteiger partial charge in [0, 0.05) is 13.1 Å². The first-order valence-corrected chi connectivity index (χ1v) is 5.63. The minimum Gasteiger partial charge on any atom is -0.355 e. The van der Waals surface area contributed by atoms with Crippen LogP contribution >= 0.6 is 22.6 Å². The first-order chi connectivity index (χ1) is 7.20. The minimum absolute atomic E-state index is 0.143. The van der Waals surface area contributed by atoms with Gasteiger partial charge in [0.15, 0.2) is 0 Å². The van der Waals surface area contributed by atoms with E-state index in [1.54, 1.807) is 0 Å². The van der Waals surface area contributed by atoms with Crippen LogP contribution in [0.5, 0.6) is 0 Å². The molecule has 0 fully saturated rings. The quantitative estimate of drug-likeness (QED) is 0.844. The van der Waals surface area contributed by atoms with E-state index in [2.05, 4.69) is 16.0 Å². The van der Waals surface area contributed by atoms with Crippen molar-refractivity contribution < 1.29 is 0 Å². The number of rotatable bonds is 4. The topological polar surface area (TPSA) is 72.8 Å². The van der Waals surface area contributed by atoms with Crippen LogP contribution in [0.15, 0.2) is 11.1 Å². The van der Waals surface area contributed by atoms with Crippen LogP contribution < -0.4 is 10.5 Å². The molecule has 1 heterocycles. The van der Waals surface area contributed by atoms with Crippen molar-refractivity contribution in [1.82, 2.24) is 9.97 Å². The molecule has 0 amide bonds. The van der Waals surface area contributed by atoms with Crippen LogP contribution in [0.4, 0.5) is 5.82 Å². The number of halogens is 1. The lowest BCUT2D eigenvalue weighted by Crippen LogP contribution is -2.28. The van der Waals surface area contributed by atoms with Gasteiger partial charge in [0.25, 0.3) is 5.56 Å². The molecule has 0 atom stereocenters. The Kier molecular flexibility index (Phi) is 4.55. The summed E-state index contributed by atoms with van der Waals surface area (Å²) in [4.78, 5) is 19.9. The van der Waals surface area contributed by atoms with Crippen molar-refractivity contribution >= 4 is 28.4 Å². The number of nitrogens with one attached hydrogen (secondary N) is 1. The third-order valence-corrected chi connectivity index (χ3v) is 2.93. The zero-order valence-corrected chi connectivity index (χ0v) is 10.5. The molecule has 1 rings (SSSR count). The number of nitriles is 1. The van der Waals surface area contributed by atoms with Crippen LogP contribution in [0, 0.1) is 14.9 Å². The largest absolute Gasteiger partial charge is 0.355 e. The molecule has 80 valence electrons. The predicted octanol–water partition coefficient (Wildman–Crippen LogP) is 1.11. The van der Waals surface area contributed by atoms with Gasteiger partial charge in [-0.1, -0.05) is 0 Å². The molecule has 1 N–H and O–H groups in total. The van der Waals surface area contributed by atoms with Gasteiger partial charge in [-0.15, -0.1) is 0 Å². The zero-order chi connectivity index (χ0) is 11.3. The van der Waals surface area contributed by atoms with E-state index in [1.807, 2.05) is 34.4 Å². The minimum atomic E-state index is -0.143. The van der Waals surface area contributed by atoms with E-state index in [0.717, 1.165) is 6.54 Å². The first-order valence-electron chi connectivity index (χ1n) is 4.55. The van der Waals surface area contributed by atoms with Gasteiger partial charge < -0.3 is 9.88 Å².